The van der Waals surface area contributed by atoms with E-state index in [9.17, 15) is 0 Å². The largest absolute Gasteiger partial charge is 0.316 e. The van der Waals surface area contributed by atoms with Gasteiger partial charge in [0.2, 0.25) is 0 Å². The molecule has 0 saturated heterocycles. The molecule has 0 bridgehead atoms. The molecule has 0 spiro atoms. The van der Waals surface area contributed by atoms with Gasteiger partial charge in [-0.2, -0.15) is 0 Å². The van der Waals surface area contributed by atoms with E-state index in [4.69, 9.17) is 4.98 Å². The second-order valence-corrected chi connectivity index (χ2v) is 7.00. The van der Waals surface area contributed by atoms with Crippen LogP contribution in [0.25, 0.3) is 0 Å². The lowest BCUT2D eigenvalue weighted by Crippen LogP contribution is -2.24. The summed E-state index contributed by atoms with van der Waals surface area (Å²) in [6.07, 6.45) is 3.55. The summed E-state index contributed by atoms with van der Waals surface area (Å²) in [5.74, 6) is 0.718. The fourth-order valence-corrected chi connectivity index (χ4v) is 2.98. The average molecular weight is 268 g/mol. The van der Waals surface area contributed by atoms with Crippen molar-refractivity contribution in [1.82, 2.24) is 10.3 Å². The minimum Gasteiger partial charge on any atom is -0.316 e. The summed E-state index contributed by atoms with van der Waals surface area (Å²) in [5.41, 5.74) is 1.41. The Morgan fingerprint density at radius 1 is 1.33 bits per heavy atom. The highest BCUT2D eigenvalue weighted by molar-refractivity contribution is 7.09. The topological polar surface area (TPSA) is 24.9 Å². The number of hydrogen-bond donors (Lipinski definition) is 1. The van der Waals surface area contributed by atoms with Crippen molar-refractivity contribution in [2.45, 2.75) is 59.3 Å². The summed E-state index contributed by atoms with van der Waals surface area (Å²) in [5, 5.41) is 7.04. The van der Waals surface area contributed by atoms with Gasteiger partial charge in [-0.05, 0) is 25.4 Å². The first-order valence-electron chi connectivity index (χ1n) is 7.13. The molecule has 0 fully saturated rings. The number of rotatable bonds is 7. The maximum absolute atomic E-state index is 4.79. The Hall–Kier alpha value is -0.410. The van der Waals surface area contributed by atoms with E-state index in [1.807, 2.05) is 11.3 Å². The molecule has 3 heteroatoms. The van der Waals surface area contributed by atoms with Crippen LogP contribution in [0.4, 0.5) is 0 Å². The molecule has 1 aromatic rings. The van der Waals surface area contributed by atoms with Crippen molar-refractivity contribution in [3.8, 4) is 0 Å². The quantitative estimate of drug-likeness (QED) is 0.756. The predicted octanol–water partition coefficient (Wildman–Crippen LogP) is 4.01. The minimum absolute atomic E-state index is 0.178. The number of hydrogen-bond acceptors (Lipinski definition) is 3. The molecule has 0 amide bonds. The molecule has 1 N–H and O–H groups in total. The lowest BCUT2D eigenvalue weighted by atomic mass is 9.93. The molecule has 1 atom stereocenters. The molecule has 1 aromatic heterocycles. The Kier molecular flexibility index (Phi) is 6.30. The minimum atomic E-state index is 0.178. The Bertz CT molecular complexity index is 339. The summed E-state index contributed by atoms with van der Waals surface area (Å²) >= 11 is 1.82. The van der Waals surface area contributed by atoms with E-state index in [0.717, 1.165) is 25.4 Å². The van der Waals surface area contributed by atoms with Gasteiger partial charge in [0.15, 0.2) is 0 Å². The Labute approximate surface area is 116 Å². The third-order valence-electron chi connectivity index (χ3n) is 3.22. The summed E-state index contributed by atoms with van der Waals surface area (Å²) in [6, 6.07) is 0. The van der Waals surface area contributed by atoms with Crippen molar-refractivity contribution in [3.63, 3.8) is 0 Å². The summed E-state index contributed by atoms with van der Waals surface area (Å²) < 4.78 is 0. The molecule has 18 heavy (non-hydrogen) atoms. The number of nitrogens with one attached hydrogen (secondary N) is 1. The first-order chi connectivity index (χ1) is 8.47. The maximum atomic E-state index is 4.79. The molecular weight excluding hydrogens is 240 g/mol. The zero-order valence-electron chi connectivity index (χ0n) is 12.5. The van der Waals surface area contributed by atoms with E-state index in [2.05, 4.69) is 45.3 Å². The molecule has 1 unspecified atom stereocenters. The van der Waals surface area contributed by atoms with E-state index in [1.165, 1.54) is 23.5 Å². The lowest BCUT2D eigenvalue weighted by Gasteiger charge is -2.15. The van der Waals surface area contributed by atoms with Gasteiger partial charge in [0.25, 0.3) is 0 Å². The Balaban J connectivity index is 2.51. The van der Waals surface area contributed by atoms with Crippen LogP contribution in [0.2, 0.25) is 0 Å². The van der Waals surface area contributed by atoms with Crippen LogP contribution in [0.3, 0.4) is 0 Å². The van der Waals surface area contributed by atoms with E-state index in [0.29, 0.717) is 0 Å². The van der Waals surface area contributed by atoms with Gasteiger partial charge in [-0.1, -0.05) is 41.0 Å². The molecule has 1 rings (SSSR count). The Morgan fingerprint density at radius 3 is 2.56 bits per heavy atom. The standard InChI is InChI=1S/C15H28N2S/c1-6-8-16-10-12(7-2)9-14-17-13(11-18-14)15(3,4)5/h11-12,16H,6-10H2,1-5H3. The van der Waals surface area contributed by atoms with Crippen LogP contribution in [-0.4, -0.2) is 18.1 Å². The van der Waals surface area contributed by atoms with Crippen molar-refractivity contribution in [3.05, 3.63) is 16.1 Å². The zero-order chi connectivity index (χ0) is 13.6. The highest BCUT2D eigenvalue weighted by Gasteiger charge is 2.18. The third kappa shape index (κ3) is 5.07. The first kappa shape index (κ1) is 15.6. The normalized spacial score (nSPS) is 13.8. The van der Waals surface area contributed by atoms with Gasteiger partial charge < -0.3 is 5.32 Å². The first-order valence-corrected chi connectivity index (χ1v) is 8.00. The number of nitrogens with zero attached hydrogens (tertiary/aromatic N) is 1. The van der Waals surface area contributed by atoms with Gasteiger partial charge in [-0.15, -0.1) is 11.3 Å². The molecule has 0 aromatic carbocycles. The molecule has 0 aliphatic heterocycles. The molecule has 1 heterocycles. The van der Waals surface area contributed by atoms with Crippen LogP contribution < -0.4 is 5.32 Å². The zero-order valence-corrected chi connectivity index (χ0v) is 13.4. The van der Waals surface area contributed by atoms with E-state index >= 15 is 0 Å². The highest BCUT2D eigenvalue weighted by Crippen LogP contribution is 2.25. The van der Waals surface area contributed by atoms with E-state index < -0.39 is 0 Å². The fraction of sp³-hybridized carbons (Fsp3) is 0.800. The number of aromatic nitrogens is 1. The molecule has 0 radical (unpaired) electrons. The second kappa shape index (κ2) is 7.25. The monoisotopic (exact) mass is 268 g/mol. The Morgan fingerprint density at radius 2 is 2.06 bits per heavy atom. The summed E-state index contributed by atoms with van der Waals surface area (Å²) in [6.45, 7) is 13.4. The van der Waals surface area contributed by atoms with Crippen LogP contribution in [-0.2, 0) is 11.8 Å². The van der Waals surface area contributed by atoms with Crippen molar-refractivity contribution >= 4 is 11.3 Å². The number of thiazole rings is 1. The lowest BCUT2D eigenvalue weighted by molar-refractivity contribution is 0.458. The van der Waals surface area contributed by atoms with Gasteiger partial charge in [0, 0.05) is 17.2 Å². The van der Waals surface area contributed by atoms with Gasteiger partial charge in [-0.3, -0.25) is 0 Å². The van der Waals surface area contributed by atoms with Gasteiger partial charge >= 0.3 is 0 Å². The van der Waals surface area contributed by atoms with Crippen molar-refractivity contribution < 1.29 is 0 Å². The molecule has 104 valence electrons. The van der Waals surface area contributed by atoms with Crippen molar-refractivity contribution in [1.29, 1.82) is 0 Å². The summed E-state index contributed by atoms with van der Waals surface area (Å²) in [7, 11) is 0. The maximum Gasteiger partial charge on any atom is 0.0931 e. The third-order valence-corrected chi connectivity index (χ3v) is 4.09. The van der Waals surface area contributed by atoms with Gasteiger partial charge in [0.05, 0.1) is 10.7 Å². The molecule has 0 aliphatic rings. The van der Waals surface area contributed by atoms with Crippen molar-refractivity contribution in [2.24, 2.45) is 5.92 Å². The van der Waals surface area contributed by atoms with Crippen LogP contribution in [0, 0.1) is 5.92 Å². The second-order valence-electron chi connectivity index (χ2n) is 6.06. The van der Waals surface area contributed by atoms with Crippen LogP contribution in [0.15, 0.2) is 5.38 Å². The molecule has 0 aliphatic carbocycles. The van der Waals surface area contributed by atoms with E-state index in [-0.39, 0.29) is 5.41 Å². The molecule has 0 saturated carbocycles. The van der Waals surface area contributed by atoms with Gasteiger partial charge in [0.1, 0.15) is 0 Å². The average Bonchev–Trinajstić information content (AvgIpc) is 2.76. The smallest absolute Gasteiger partial charge is 0.0931 e. The van der Waals surface area contributed by atoms with Crippen LogP contribution in [0.1, 0.15) is 58.2 Å². The van der Waals surface area contributed by atoms with Crippen molar-refractivity contribution in [2.75, 3.05) is 13.1 Å². The van der Waals surface area contributed by atoms with Crippen LogP contribution in [0.5, 0.6) is 0 Å². The summed E-state index contributed by atoms with van der Waals surface area (Å²) in [4.78, 5) is 4.79. The molecular formula is C15H28N2S. The van der Waals surface area contributed by atoms with E-state index in [1.54, 1.807) is 0 Å². The van der Waals surface area contributed by atoms with Gasteiger partial charge in [-0.25, -0.2) is 4.98 Å². The van der Waals surface area contributed by atoms with Crippen LogP contribution >= 0.6 is 11.3 Å². The molecule has 2 nitrogen and oxygen atoms in total. The highest BCUT2D eigenvalue weighted by atomic mass is 32.1. The fourth-order valence-electron chi connectivity index (χ4n) is 1.84. The SMILES string of the molecule is CCCNCC(CC)Cc1nc(C(C)(C)C)cs1. The predicted molar refractivity (Wildman–Crippen MR) is 81.5 cm³/mol.